The molecular formula is C24H29N5O4. The highest BCUT2D eigenvalue weighted by atomic mass is 16.5. The lowest BCUT2D eigenvalue weighted by atomic mass is 10.1. The predicted molar refractivity (Wildman–Crippen MR) is 121 cm³/mol. The van der Waals surface area contributed by atoms with Crippen LogP contribution >= 0.6 is 0 Å². The molecule has 9 nitrogen and oxygen atoms in total. The number of benzene rings is 1. The highest BCUT2D eigenvalue weighted by Crippen LogP contribution is 2.18. The van der Waals surface area contributed by atoms with Crippen molar-refractivity contribution in [3.63, 3.8) is 0 Å². The number of rotatable bonds is 8. The number of methoxy groups -OCH3 is 1. The minimum atomic E-state index is -0.814. The molecule has 0 spiro atoms. The van der Waals surface area contributed by atoms with Crippen LogP contribution in [-0.2, 0) is 22.6 Å². The molecule has 2 fully saturated rings. The second kappa shape index (κ2) is 10.4. The number of carbonyl (C=O) groups is 3. The number of amides is 4. The van der Waals surface area contributed by atoms with Crippen molar-refractivity contribution in [1.29, 1.82) is 0 Å². The molecule has 1 unspecified atom stereocenters. The van der Waals surface area contributed by atoms with E-state index in [9.17, 15) is 14.4 Å². The van der Waals surface area contributed by atoms with Gasteiger partial charge >= 0.3 is 6.03 Å². The molecule has 0 bridgehead atoms. The van der Waals surface area contributed by atoms with Gasteiger partial charge in [-0.1, -0.05) is 18.2 Å². The lowest BCUT2D eigenvalue weighted by molar-refractivity contribution is -0.137. The van der Waals surface area contributed by atoms with Gasteiger partial charge in [0, 0.05) is 51.0 Å². The minimum absolute atomic E-state index is 0.0162. The molecule has 1 aromatic carbocycles. The van der Waals surface area contributed by atoms with Crippen molar-refractivity contribution in [2.75, 3.05) is 39.8 Å². The summed E-state index contributed by atoms with van der Waals surface area (Å²) in [5.74, 6) is 0.235. The van der Waals surface area contributed by atoms with Crippen LogP contribution in [0.3, 0.4) is 0 Å². The summed E-state index contributed by atoms with van der Waals surface area (Å²) in [6, 6.07) is 11.8. The van der Waals surface area contributed by atoms with Gasteiger partial charge in [0.05, 0.1) is 20.1 Å². The molecule has 2 saturated heterocycles. The Morgan fingerprint density at radius 1 is 1.09 bits per heavy atom. The van der Waals surface area contributed by atoms with Crippen molar-refractivity contribution in [2.24, 2.45) is 0 Å². The summed E-state index contributed by atoms with van der Waals surface area (Å²) >= 11 is 0. The van der Waals surface area contributed by atoms with E-state index in [0.29, 0.717) is 18.8 Å². The predicted octanol–water partition coefficient (Wildman–Crippen LogP) is 1.29. The first-order valence-corrected chi connectivity index (χ1v) is 11.2. The maximum Gasteiger partial charge on any atom is 0.325 e. The number of piperazine rings is 1. The number of pyridine rings is 1. The monoisotopic (exact) mass is 451 g/mol. The Balaban J connectivity index is 1.24. The van der Waals surface area contributed by atoms with Crippen LogP contribution < -0.4 is 10.1 Å². The molecule has 33 heavy (non-hydrogen) atoms. The van der Waals surface area contributed by atoms with Crippen LogP contribution in [0.15, 0.2) is 48.7 Å². The second-order valence-electron chi connectivity index (χ2n) is 8.27. The minimum Gasteiger partial charge on any atom is -0.497 e. The number of urea groups is 1. The molecule has 3 heterocycles. The van der Waals surface area contributed by atoms with Gasteiger partial charge in [-0.3, -0.25) is 24.4 Å². The molecule has 174 valence electrons. The molecule has 0 aliphatic carbocycles. The van der Waals surface area contributed by atoms with E-state index >= 15 is 0 Å². The number of ether oxygens (including phenoxy) is 1. The summed E-state index contributed by atoms with van der Waals surface area (Å²) in [4.78, 5) is 47.5. The van der Waals surface area contributed by atoms with Gasteiger partial charge in [-0.15, -0.1) is 0 Å². The first kappa shape index (κ1) is 22.7. The largest absolute Gasteiger partial charge is 0.497 e. The lowest BCUT2D eigenvalue weighted by Crippen LogP contribution is -2.50. The number of carbonyl (C=O) groups excluding carboxylic acids is 3. The van der Waals surface area contributed by atoms with Crippen LogP contribution in [0, 0.1) is 0 Å². The lowest BCUT2D eigenvalue weighted by Gasteiger charge is -2.35. The molecule has 4 amide bonds. The van der Waals surface area contributed by atoms with E-state index in [1.54, 1.807) is 30.3 Å². The van der Waals surface area contributed by atoms with Crippen LogP contribution in [0.2, 0.25) is 0 Å². The molecule has 2 aromatic rings. The van der Waals surface area contributed by atoms with Gasteiger partial charge in [-0.25, -0.2) is 4.79 Å². The average Bonchev–Trinajstić information content (AvgIpc) is 3.11. The number of imide groups is 1. The molecule has 1 aromatic heterocycles. The van der Waals surface area contributed by atoms with Crippen molar-refractivity contribution in [3.8, 4) is 5.75 Å². The van der Waals surface area contributed by atoms with E-state index in [1.807, 2.05) is 30.3 Å². The van der Waals surface area contributed by atoms with Gasteiger partial charge in [0.2, 0.25) is 5.91 Å². The molecule has 2 aliphatic heterocycles. The summed E-state index contributed by atoms with van der Waals surface area (Å²) in [5, 5.41) is 2.66. The maximum atomic E-state index is 12.8. The Morgan fingerprint density at radius 3 is 2.52 bits per heavy atom. The van der Waals surface area contributed by atoms with Crippen molar-refractivity contribution in [2.45, 2.75) is 25.4 Å². The fourth-order valence-electron chi connectivity index (χ4n) is 4.12. The van der Waals surface area contributed by atoms with Crippen molar-refractivity contribution in [1.82, 2.24) is 25.0 Å². The quantitative estimate of drug-likeness (QED) is 0.608. The van der Waals surface area contributed by atoms with Crippen molar-refractivity contribution in [3.05, 3.63) is 59.9 Å². The van der Waals surface area contributed by atoms with Gasteiger partial charge in [-0.2, -0.15) is 0 Å². The van der Waals surface area contributed by atoms with Crippen LogP contribution in [0.25, 0.3) is 0 Å². The smallest absolute Gasteiger partial charge is 0.325 e. The first-order valence-electron chi connectivity index (χ1n) is 11.2. The fraction of sp³-hybridized carbons (Fsp3) is 0.417. The van der Waals surface area contributed by atoms with E-state index in [2.05, 4.69) is 15.2 Å². The Labute approximate surface area is 193 Å². The van der Waals surface area contributed by atoms with Gasteiger partial charge in [0.1, 0.15) is 11.8 Å². The summed E-state index contributed by atoms with van der Waals surface area (Å²) in [6.45, 7) is 3.86. The molecule has 2 aliphatic rings. The van der Waals surface area contributed by atoms with Crippen LogP contribution in [-0.4, -0.2) is 83.4 Å². The Bertz CT molecular complexity index is 974. The second-order valence-corrected chi connectivity index (χ2v) is 8.27. The number of nitrogens with one attached hydrogen (secondary N) is 1. The zero-order valence-electron chi connectivity index (χ0n) is 18.8. The van der Waals surface area contributed by atoms with Crippen molar-refractivity contribution < 1.29 is 19.1 Å². The number of hydrogen-bond donors (Lipinski definition) is 1. The maximum absolute atomic E-state index is 12.8. The summed E-state index contributed by atoms with van der Waals surface area (Å²) in [5.41, 5.74) is 1.87. The highest BCUT2D eigenvalue weighted by Gasteiger charge is 2.39. The third-order valence-electron chi connectivity index (χ3n) is 6.12. The van der Waals surface area contributed by atoms with E-state index in [4.69, 9.17) is 4.74 Å². The standard InChI is InChI=1S/C24H29N5O4/c1-33-20-7-5-18(6-8-20)17-29-23(31)21(26-24(29)32)16-22(30)28-14-12-27(13-15-28)11-9-19-4-2-3-10-25-19/h2-8,10,21H,9,11-17H2,1H3,(H,26,32). The summed E-state index contributed by atoms with van der Waals surface area (Å²) in [7, 11) is 1.58. The van der Waals surface area contributed by atoms with E-state index < -0.39 is 12.1 Å². The average molecular weight is 452 g/mol. The summed E-state index contributed by atoms with van der Waals surface area (Å²) < 4.78 is 5.13. The Hall–Kier alpha value is -3.46. The van der Waals surface area contributed by atoms with Gasteiger partial charge in [0.15, 0.2) is 0 Å². The van der Waals surface area contributed by atoms with Crippen LogP contribution in [0.4, 0.5) is 4.79 Å². The third kappa shape index (κ3) is 5.67. The number of aromatic nitrogens is 1. The number of hydrogen-bond acceptors (Lipinski definition) is 6. The molecule has 1 atom stereocenters. The Morgan fingerprint density at radius 2 is 1.85 bits per heavy atom. The fourth-order valence-corrected chi connectivity index (χ4v) is 4.12. The van der Waals surface area contributed by atoms with Gasteiger partial charge < -0.3 is 15.0 Å². The molecule has 0 saturated carbocycles. The van der Waals surface area contributed by atoms with E-state index in [1.165, 1.54) is 0 Å². The Kier molecular flexibility index (Phi) is 7.19. The highest BCUT2D eigenvalue weighted by molar-refractivity contribution is 6.05. The zero-order valence-corrected chi connectivity index (χ0v) is 18.8. The first-order chi connectivity index (χ1) is 16.0. The van der Waals surface area contributed by atoms with E-state index in [-0.39, 0.29) is 24.8 Å². The van der Waals surface area contributed by atoms with Crippen LogP contribution in [0.1, 0.15) is 17.7 Å². The normalized spacial score (nSPS) is 19.0. The number of nitrogens with zero attached hydrogens (tertiary/aromatic N) is 4. The summed E-state index contributed by atoms with van der Waals surface area (Å²) in [6.07, 6.45) is 2.66. The third-order valence-corrected chi connectivity index (χ3v) is 6.12. The van der Waals surface area contributed by atoms with Crippen molar-refractivity contribution >= 4 is 17.8 Å². The van der Waals surface area contributed by atoms with Crippen LogP contribution in [0.5, 0.6) is 5.75 Å². The molecule has 4 rings (SSSR count). The molecule has 0 radical (unpaired) electrons. The van der Waals surface area contributed by atoms with Gasteiger partial charge in [0.25, 0.3) is 5.91 Å². The molecular weight excluding hydrogens is 422 g/mol. The molecule has 9 heteroatoms. The van der Waals surface area contributed by atoms with E-state index in [0.717, 1.165) is 42.2 Å². The van der Waals surface area contributed by atoms with Gasteiger partial charge in [-0.05, 0) is 29.8 Å². The SMILES string of the molecule is COc1ccc(CN2C(=O)NC(CC(=O)N3CCN(CCc4ccccn4)CC3)C2=O)cc1. The topological polar surface area (TPSA) is 95.1 Å². The zero-order chi connectivity index (χ0) is 23.2. The molecule has 1 N–H and O–H groups in total.